The first kappa shape index (κ1) is 16.7. The third kappa shape index (κ3) is 3.23. The van der Waals surface area contributed by atoms with Crippen LogP contribution in [-0.4, -0.2) is 6.21 Å². The van der Waals surface area contributed by atoms with Gasteiger partial charge in [0.05, 0.1) is 6.21 Å². The second kappa shape index (κ2) is 6.76. The fraction of sp³-hybridized carbons (Fsp3) is 0. The Morgan fingerprint density at radius 2 is 1.36 bits per heavy atom. The number of rotatable bonds is 4. The van der Waals surface area contributed by atoms with Gasteiger partial charge in [0.15, 0.2) is 23.3 Å². The van der Waals surface area contributed by atoms with Crippen molar-refractivity contribution in [2.75, 3.05) is 5.43 Å². The van der Waals surface area contributed by atoms with Crippen molar-refractivity contribution in [1.29, 1.82) is 0 Å². The normalized spacial score (nSPS) is 11.2. The van der Waals surface area contributed by atoms with Gasteiger partial charge in [-0.1, -0.05) is 30.3 Å². The lowest BCUT2D eigenvalue weighted by Crippen LogP contribution is -2.06. The lowest BCUT2D eigenvalue weighted by molar-refractivity contribution is 0.381. The average Bonchev–Trinajstić information content (AvgIpc) is 3.11. The van der Waals surface area contributed by atoms with Crippen LogP contribution in [0.15, 0.2) is 52.0 Å². The highest BCUT2D eigenvalue weighted by Gasteiger charge is 2.25. The van der Waals surface area contributed by atoms with Gasteiger partial charge in [-0.05, 0) is 12.1 Å². The molecule has 1 N–H and O–H groups in total. The molecule has 0 bridgehead atoms. The molecule has 128 valence electrons. The van der Waals surface area contributed by atoms with Crippen LogP contribution in [0.3, 0.4) is 0 Å². The van der Waals surface area contributed by atoms with E-state index in [2.05, 4.69) is 5.10 Å². The number of hydrogen-bond acceptors (Lipinski definition) is 3. The van der Waals surface area contributed by atoms with Crippen molar-refractivity contribution in [2.24, 2.45) is 5.10 Å². The molecule has 0 fully saturated rings. The molecule has 3 nitrogen and oxygen atoms in total. The van der Waals surface area contributed by atoms with Crippen molar-refractivity contribution in [1.82, 2.24) is 0 Å². The summed E-state index contributed by atoms with van der Waals surface area (Å²) in [6.07, 6.45) is 1.05. The third-order valence-corrected chi connectivity index (χ3v) is 3.26. The van der Waals surface area contributed by atoms with Crippen LogP contribution in [0.1, 0.15) is 5.76 Å². The molecule has 3 rings (SSSR count). The Morgan fingerprint density at radius 3 is 2.00 bits per heavy atom. The third-order valence-electron chi connectivity index (χ3n) is 3.26. The summed E-state index contributed by atoms with van der Waals surface area (Å²) < 4.78 is 71.5. The number of nitrogens with one attached hydrogen (secondary N) is 1. The number of hydrogen-bond donors (Lipinski definition) is 1. The predicted octanol–water partition coefficient (Wildman–Crippen LogP) is 5.09. The minimum Gasteiger partial charge on any atom is -0.455 e. The van der Waals surface area contributed by atoms with Gasteiger partial charge in [-0.15, -0.1) is 0 Å². The fourth-order valence-electron chi connectivity index (χ4n) is 2.04. The van der Waals surface area contributed by atoms with Crippen LogP contribution in [0, 0.1) is 29.1 Å². The van der Waals surface area contributed by atoms with Gasteiger partial charge in [0, 0.05) is 5.56 Å². The Balaban J connectivity index is 1.80. The molecule has 0 unspecified atom stereocenters. The van der Waals surface area contributed by atoms with Gasteiger partial charge in [-0.2, -0.15) is 5.10 Å². The summed E-state index contributed by atoms with van der Waals surface area (Å²) in [4.78, 5) is 0. The van der Waals surface area contributed by atoms with Gasteiger partial charge in [0.2, 0.25) is 5.82 Å². The molecule has 0 aliphatic carbocycles. The zero-order valence-electron chi connectivity index (χ0n) is 12.4. The molecular weight excluding hydrogens is 343 g/mol. The minimum absolute atomic E-state index is 0.218. The van der Waals surface area contributed by atoms with Crippen molar-refractivity contribution in [3.63, 3.8) is 0 Å². The van der Waals surface area contributed by atoms with E-state index in [1.165, 1.54) is 6.07 Å². The van der Waals surface area contributed by atoms with Gasteiger partial charge >= 0.3 is 0 Å². The van der Waals surface area contributed by atoms with Crippen LogP contribution in [0.4, 0.5) is 27.6 Å². The maximum absolute atomic E-state index is 13.5. The zero-order chi connectivity index (χ0) is 18.0. The van der Waals surface area contributed by atoms with Crippen LogP contribution in [0.25, 0.3) is 11.3 Å². The Kier molecular flexibility index (Phi) is 4.51. The number of nitrogens with zero attached hydrogens (tertiary/aromatic N) is 1. The van der Waals surface area contributed by atoms with Crippen molar-refractivity contribution in [3.8, 4) is 11.3 Å². The van der Waals surface area contributed by atoms with Crippen molar-refractivity contribution in [3.05, 3.63) is 77.3 Å². The highest BCUT2D eigenvalue weighted by molar-refractivity contribution is 5.78. The Hall–Kier alpha value is -3.16. The van der Waals surface area contributed by atoms with Crippen LogP contribution in [0.2, 0.25) is 0 Å². The molecule has 3 aromatic rings. The quantitative estimate of drug-likeness (QED) is 0.234. The molecule has 8 heteroatoms. The molecule has 0 atom stereocenters. The molecule has 0 radical (unpaired) electrons. The topological polar surface area (TPSA) is 37.5 Å². The summed E-state index contributed by atoms with van der Waals surface area (Å²) in [5, 5.41) is 3.45. The Morgan fingerprint density at radius 1 is 0.760 bits per heavy atom. The molecular formula is C17H9F5N2O. The van der Waals surface area contributed by atoms with Crippen molar-refractivity contribution >= 4 is 11.9 Å². The predicted molar refractivity (Wildman–Crippen MR) is 81.6 cm³/mol. The van der Waals surface area contributed by atoms with E-state index in [4.69, 9.17) is 4.42 Å². The highest BCUT2D eigenvalue weighted by atomic mass is 19.2. The molecule has 1 aromatic heterocycles. The first-order chi connectivity index (χ1) is 12.0. The SMILES string of the molecule is Fc1c(F)c(F)c(N/N=C\c2ccc(-c3ccccc3)o2)c(F)c1F. The van der Waals surface area contributed by atoms with Gasteiger partial charge < -0.3 is 4.42 Å². The molecule has 0 aliphatic heterocycles. The number of hydrazone groups is 1. The highest BCUT2D eigenvalue weighted by Crippen LogP contribution is 2.27. The van der Waals surface area contributed by atoms with E-state index in [1.807, 2.05) is 30.3 Å². The van der Waals surface area contributed by atoms with E-state index in [1.54, 1.807) is 11.5 Å². The summed E-state index contributed by atoms with van der Waals surface area (Å²) in [6.45, 7) is 0. The second-order valence-electron chi connectivity index (χ2n) is 4.88. The molecule has 1 heterocycles. The van der Waals surface area contributed by atoms with Crippen LogP contribution in [0.5, 0.6) is 0 Å². The standard InChI is InChI=1S/C17H9F5N2O/c18-12-13(19)15(21)17(16(22)14(12)20)24-23-8-10-6-7-11(25-10)9-4-2-1-3-5-9/h1-8,24H/b23-8-. The first-order valence-electron chi connectivity index (χ1n) is 6.95. The lowest BCUT2D eigenvalue weighted by Gasteiger charge is -2.06. The number of halogens is 5. The van der Waals surface area contributed by atoms with E-state index in [-0.39, 0.29) is 5.76 Å². The lowest BCUT2D eigenvalue weighted by atomic mass is 10.2. The minimum atomic E-state index is -2.23. The number of furan rings is 1. The van der Waals surface area contributed by atoms with E-state index >= 15 is 0 Å². The molecule has 25 heavy (non-hydrogen) atoms. The summed E-state index contributed by atoms with van der Waals surface area (Å²) in [5.41, 5.74) is 1.35. The summed E-state index contributed by atoms with van der Waals surface area (Å²) in [5.74, 6) is -9.60. The van der Waals surface area contributed by atoms with Crippen LogP contribution < -0.4 is 5.43 Å². The molecule has 0 saturated carbocycles. The smallest absolute Gasteiger partial charge is 0.200 e. The van der Waals surface area contributed by atoms with Crippen molar-refractivity contribution < 1.29 is 26.4 Å². The van der Waals surface area contributed by atoms with Gasteiger partial charge in [0.25, 0.3) is 0 Å². The number of anilines is 1. The monoisotopic (exact) mass is 352 g/mol. The van der Waals surface area contributed by atoms with Gasteiger partial charge in [0.1, 0.15) is 17.2 Å². The van der Waals surface area contributed by atoms with Gasteiger partial charge in [-0.3, -0.25) is 5.43 Å². The molecule has 0 spiro atoms. The van der Waals surface area contributed by atoms with E-state index in [0.29, 0.717) is 5.76 Å². The molecule has 0 saturated heterocycles. The van der Waals surface area contributed by atoms with E-state index in [9.17, 15) is 22.0 Å². The summed E-state index contributed by atoms with van der Waals surface area (Å²) in [6, 6.07) is 12.3. The maximum atomic E-state index is 13.5. The second-order valence-corrected chi connectivity index (χ2v) is 4.88. The summed E-state index contributed by atoms with van der Waals surface area (Å²) in [7, 11) is 0. The summed E-state index contributed by atoms with van der Waals surface area (Å²) >= 11 is 0. The maximum Gasteiger partial charge on any atom is 0.200 e. The molecule has 0 amide bonds. The Labute approximate surface area is 138 Å². The number of benzene rings is 2. The first-order valence-corrected chi connectivity index (χ1v) is 6.95. The van der Waals surface area contributed by atoms with E-state index < -0.39 is 34.8 Å². The fourth-order valence-corrected chi connectivity index (χ4v) is 2.04. The average molecular weight is 352 g/mol. The van der Waals surface area contributed by atoms with Gasteiger partial charge in [-0.25, -0.2) is 22.0 Å². The molecule has 0 aliphatic rings. The zero-order valence-corrected chi connectivity index (χ0v) is 12.4. The van der Waals surface area contributed by atoms with Crippen LogP contribution >= 0.6 is 0 Å². The molecule has 2 aromatic carbocycles. The van der Waals surface area contributed by atoms with Crippen LogP contribution in [-0.2, 0) is 0 Å². The Bertz CT molecular complexity index is 909. The van der Waals surface area contributed by atoms with Crippen molar-refractivity contribution in [2.45, 2.75) is 0 Å². The van der Waals surface area contributed by atoms with E-state index in [0.717, 1.165) is 11.8 Å². The largest absolute Gasteiger partial charge is 0.455 e.